The van der Waals surface area contributed by atoms with Crippen LogP contribution < -0.4 is 19.5 Å². The fraction of sp³-hybridized carbons (Fsp3) is 0.267. The molecule has 2 rings (SSSR count). The van der Waals surface area contributed by atoms with Crippen LogP contribution in [0.15, 0.2) is 30.3 Å². The van der Waals surface area contributed by atoms with Crippen LogP contribution in [-0.2, 0) is 6.54 Å². The third-order valence-corrected chi connectivity index (χ3v) is 2.98. The maximum absolute atomic E-state index is 13.1. The van der Waals surface area contributed by atoms with Gasteiger partial charge in [-0.05, 0) is 12.1 Å². The van der Waals surface area contributed by atoms with E-state index in [1.165, 1.54) is 6.07 Å². The summed E-state index contributed by atoms with van der Waals surface area (Å²) in [7, 11) is 4.71. The molecule has 0 aliphatic carbocycles. The second kappa shape index (κ2) is 6.78. The third-order valence-electron chi connectivity index (χ3n) is 2.98. The minimum atomic E-state index is -0.534. The molecule has 112 valence electrons. The molecule has 0 saturated carbocycles. The zero-order valence-corrected chi connectivity index (χ0v) is 12.1. The molecule has 21 heavy (non-hydrogen) atoms. The van der Waals surface area contributed by atoms with E-state index >= 15 is 0 Å². The summed E-state index contributed by atoms with van der Waals surface area (Å²) in [5, 5.41) is 3.04. The van der Waals surface area contributed by atoms with Gasteiger partial charge in [0.25, 0.3) is 0 Å². The average Bonchev–Trinajstić information content (AvgIpc) is 2.52. The van der Waals surface area contributed by atoms with Crippen LogP contribution in [0.25, 0.3) is 0 Å². The van der Waals surface area contributed by atoms with Gasteiger partial charge in [-0.15, -0.1) is 0 Å². The van der Waals surface area contributed by atoms with Crippen molar-refractivity contribution in [2.45, 2.75) is 6.54 Å². The maximum Gasteiger partial charge on any atom is 0.214 e. The summed E-state index contributed by atoms with van der Waals surface area (Å²) in [6.07, 6.45) is 0. The number of halogens is 1. The lowest BCUT2D eigenvalue weighted by Gasteiger charge is -2.15. The summed E-state index contributed by atoms with van der Waals surface area (Å²) in [5.74, 6) is 1.78. The van der Waals surface area contributed by atoms with Crippen molar-refractivity contribution in [1.82, 2.24) is 4.98 Å². The Hall–Kier alpha value is -2.50. The molecule has 0 radical (unpaired) electrons. The number of nitrogens with one attached hydrogen (secondary N) is 1. The summed E-state index contributed by atoms with van der Waals surface area (Å²) in [6.45, 7) is 0.382. The van der Waals surface area contributed by atoms with Gasteiger partial charge in [0.2, 0.25) is 5.95 Å². The van der Waals surface area contributed by atoms with Gasteiger partial charge in [0, 0.05) is 18.7 Å². The van der Waals surface area contributed by atoms with Crippen molar-refractivity contribution in [3.63, 3.8) is 0 Å². The lowest BCUT2D eigenvalue weighted by Crippen LogP contribution is -2.06. The second-order valence-corrected chi connectivity index (χ2v) is 4.21. The SMILES string of the molecule is COc1cc(OC)c(CNc2cccc(F)n2)c(OC)c1. The van der Waals surface area contributed by atoms with Crippen molar-refractivity contribution >= 4 is 5.82 Å². The number of anilines is 1. The highest BCUT2D eigenvalue weighted by Crippen LogP contribution is 2.34. The Labute approximate surface area is 122 Å². The van der Waals surface area contributed by atoms with Gasteiger partial charge in [-0.1, -0.05) is 6.07 Å². The van der Waals surface area contributed by atoms with Crippen molar-refractivity contribution in [2.24, 2.45) is 0 Å². The largest absolute Gasteiger partial charge is 0.496 e. The highest BCUT2D eigenvalue weighted by Gasteiger charge is 2.13. The number of hydrogen-bond donors (Lipinski definition) is 1. The highest BCUT2D eigenvalue weighted by atomic mass is 19.1. The molecule has 0 spiro atoms. The number of ether oxygens (including phenoxy) is 3. The lowest BCUT2D eigenvalue weighted by molar-refractivity contribution is 0.369. The number of methoxy groups -OCH3 is 3. The molecule has 5 nitrogen and oxygen atoms in total. The second-order valence-electron chi connectivity index (χ2n) is 4.21. The molecule has 0 aliphatic rings. The topological polar surface area (TPSA) is 52.6 Å². The van der Waals surface area contributed by atoms with E-state index in [1.54, 1.807) is 45.6 Å². The van der Waals surface area contributed by atoms with Gasteiger partial charge >= 0.3 is 0 Å². The Morgan fingerprint density at radius 2 is 1.71 bits per heavy atom. The van der Waals surface area contributed by atoms with E-state index in [2.05, 4.69) is 10.3 Å². The molecule has 1 aromatic carbocycles. The normalized spacial score (nSPS) is 10.1. The molecule has 0 amide bonds. The van der Waals surface area contributed by atoms with Crippen molar-refractivity contribution in [3.8, 4) is 17.2 Å². The first-order chi connectivity index (χ1) is 10.2. The number of benzene rings is 1. The van der Waals surface area contributed by atoms with Crippen LogP contribution >= 0.6 is 0 Å². The van der Waals surface area contributed by atoms with Gasteiger partial charge in [0.1, 0.15) is 23.1 Å². The summed E-state index contributed by atoms with van der Waals surface area (Å²) in [6, 6.07) is 8.09. The van der Waals surface area contributed by atoms with Gasteiger partial charge in [-0.2, -0.15) is 4.39 Å². The van der Waals surface area contributed by atoms with E-state index in [4.69, 9.17) is 14.2 Å². The Balaban J connectivity index is 2.26. The van der Waals surface area contributed by atoms with Crippen LogP contribution in [-0.4, -0.2) is 26.3 Å². The number of rotatable bonds is 6. The Morgan fingerprint density at radius 1 is 1.05 bits per heavy atom. The Bertz CT molecular complexity index is 595. The summed E-state index contributed by atoms with van der Waals surface area (Å²) < 4.78 is 29.0. The van der Waals surface area contributed by atoms with Gasteiger partial charge in [-0.3, -0.25) is 0 Å². The quantitative estimate of drug-likeness (QED) is 0.830. The predicted molar refractivity (Wildman–Crippen MR) is 77.6 cm³/mol. The predicted octanol–water partition coefficient (Wildman–Crippen LogP) is 2.86. The molecule has 1 heterocycles. The smallest absolute Gasteiger partial charge is 0.214 e. The minimum Gasteiger partial charge on any atom is -0.496 e. The molecule has 6 heteroatoms. The van der Waals surface area contributed by atoms with E-state index < -0.39 is 5.95 Å². The first-order valence-corrected chi connectivity index (χ1v) is 6.33. The van der Waals surface area contributed by atoms with E-state index in [9.17, 15) is 4.39 Å². The van der Waals surface area contributed by atoms with E-state index in [1.807, 2.05) is 0 Å². The summed E-state index contributed by atoms with van der Waals surface area (Å²) in [4.78, 5) is 3.75. The van der Waals surface area contributed by atoms with Crippen LogP contribution in [0.5, 0.6) is 17.2 Å². The first kappa shape index (κ1) is 14.9. The van der Waals surface area contributed by atoms with Gasteiger partial charge in [0.05, 0.1) is 26.9 Å². The van der Waals surface area contributed by atoms with Crippen molar-refractivity contribution in [1.29, 1.82) is 0 Å². The van der Waals surface area contributed by atoms with Crippen molar-refractivity contribution in [2.75, 3.05) is 26.6 Å². The van der Waals surface area contributed by atoms with Gasteiger partial charge in [-0.25, -0.2) is 4.98 Å². The van der Waals surface area contributed by atoms with Gasteiger partial charge in [0.15, 0.2) is 0 Å². The number of nitrogens with zero attached hydrogens (tertiary/aromatic N) is 1. The molecular weight excluding hydrogens is 275 g/mol. The first-order valence-electron chi connectivity index (χ1n) is 6.33. The van der Waals surface area contributed by atoms with Crippen LogP contribution in [0.3, 0.4) is 0 Å². The molecule has 0 atom stereocenters. The third kappa shape index (κ3) is 3.53. The molecule has 0 unspecified atom stereocenters. The zero-order valence-electron chi connectivity index (χ0n) is 12.1. The standard InChI is InChI=1S/C15H17FN2O3/c1-19-10-7-12(20-2)11(13(8-10)21-3)9-17-15-6-4-5-14(16)18-15/h4-8H,9H2,1-3H3,(H,17,18). The highest BCUT2D eigenvalue weighted by molar-refractivity contribution is 5.52. The molecule has 0 bridgehead atoms. The van der Waals surface area contributed by atoms with Crippen LogP contribution in [0, 0.1) is 5.95 Å². The van der Waals surface area contributed by atoms with Crippen LogP contribution in [0.2, 0.25) is 0 Å². The Morgan fingerprint density at radius 3 is 2.24 bits per heavy atom. The molecule has 0 saturated heterocycles. The molecule has 0 fully saturated rings. The number of pyridine rings is 1. The van der Waals surface area contributed by atoms with Crippen molar-refractivity contribution in [3.05, 3.63) is 41.8 Å². The fourth-order valence-corrected chi connectivity index (χ4v) is 1.94. The molecule has 0 aliphatic heterocycles. The molecule has 2 aromatic rings. The summed E-state index contributed by atoms with van der Waals surface area (Å²) in [5.41, 5.74) is 0.798. The number of hydrogen-bond acceptors (Lipinski definition) is 5. The van der Waals surface area contributed by atoms with E-state index in [-0.39, 0.29) is 0 Å². The zero-order chi connectivity index (χ0) is 15.2. The van der Waals surface area contributed by atoms with Gasteiger partial charge < -0.3 is 19.5 Å². The summed E-state index contributed by atoms with van der Waals surface area (Å²) >= 11 is 0. The number of aromatic nitrogens is 1. The van der Waals surface area contributed by atoms with Crippen LogP contribution in [0.4, 0.5) is 10.2 Å². The van der Waals surface area contributed by atoms with E-state index in [0.717, 1.165) is 5.56 Å². The maximum atomic E-state index is 13.1. The Kier molecular flexibility index (Phi) is 4.81. The minimum absolute atomic E-state index is 0.382. The molecule has 1 N–H and O–H groups in total. The lowest BCUT2D eigenvalue weighted by atomic mass is 10.1. The van der Waals surface area contributed by atoms with Crippen LogP contribution in [0.1, 0.15) is 5.56 Å². The average molecular weight is 292 g/mol. The molecular formula is C15H17FN2O3. The monoisotopic (exact) mass is 292 g/mol. The van der Waals surface area contributed by atoms with Crippen molar-refractivity contribution < 1.29 is 18.6 Å². The van der Waals surface area contributed by atoms with E-state index in [0.29, 0.717) is 29.6 Å². The fourth-order valence-electron chi connectivity index (χ4n) is 1.94. The molecule has 1 aromatic heterocycles.